The molecule has 1 N–H and O–H groups in total. The summed E-state index contributed by atoms with van der Waals surface area (Å²) in [5.74, 6) is 0.343. The predicted molar refractivity (Wildman–Crippen MR) is 388 cm³/mol. The van der Waals surface area contributed by atoms with Crippen LogP contribution in [0.5, 0.6) is 23.0 Å². The third kappa shape index (κ3) is 15.4. The molecule has 93 heavy (non-hydrogen) atoms. The number of carbonyl (C=O) groups excluding carboxylic acids is 4. The molecule has 2 spiro atoms. The summed E-state index contributed by atoms with van der Waals surface area (Å²) >= 11 is 12.8. The lowest BCUT2D eigenvalue weighted by Crippen LogP contribution is -2.61. The number of benzene rings is 6. The summed E-state index contributed by atoms with van der Waals surface area (Å²) in [7, 11) is 4.07. The number of thioether (sulfide) groups is 2. The molecule has 5 aliphatic rings. The predicted octanol–water partition coefficient (Wildman–Crippen LogP) is 16.6. The SMILES string of the molecule is C1CCNCC1.CCCCOC(=O)C(CC(C)C(=O)Oc1ccc2ccc3c(c2c1)N=CC1(O3)N(C)c2ccccc2C1(C)C)SC(=S)SCCCC.CCCCOC(=O)C(S)CC(C)C(=O)Oc1ccc2ccc3c(c2c1)N=CC1(O3)N(C)c2ccccc2C1(C)C. The molecule has 6 unspecified atom stereocenters. The maximum Gasteiger partial charge on any atom is 0.319 e. The van der Waals surface area contributed by atoms with Crippen molar-refractivity contribution in [3.8, 4) is 23.0 Å². The zero-order valence-corrected chi connectivity index (χ0v) is 59.1. The highest BCUT2D eigenvalue weighted by molar-refractivity contribution is 8.47. The molecule has 5 aliphatic heterocycles. The van der Waals surface area contributed by atoms with Crippen LogP contribution in [0.15, 0.2) is 119 Å². The number of unbranched alkanes of at least 4 members (excludes halogenated alkanes) is 3. The van der Waals surface area contributed by atoms with E-state index in [2.05, 4.69) is 92.7 Å². The second-order valence-corrected chi connectivity index (χ2v) is 29.8. The Hall–Kier alpha value is -6.64. The van der Waals surface area contributed by atoms with Crippen molar-refractivity contribution in [1.82, 2.24) is 5.32 Å². The van der Waals surface area contributed by atoms with E-state index >= 15 is 0 Å². The number of nitrogens with zero attached hydrogens (tertiary/aromatic N) is 4. The second kappa shape index (κ2) is 31.3. The van der Waals surface area contributed by atoms with Crippen LogP contribution in [0.4, 0.5) is 22.7 Å². The van der Waals surface area contributed by atoms with Crippen molar-refractivity contribution in [3.05, 3.63) is 120 Å². The minimum atomic E-state index is -0.792. The molecular weight excluding hydrogens is 1250 g/mol. The second-order valence-electron chi connectivity index (χ2n) is 25.6. The molecule has 0 radical (unpaired) electrons. The van der Waals surface area contributed by atoms with E-state index in [4.69, 9.17) is 50.6 Å². The van der Waals surface area contributed by atoms with Crippen LogP contribution in [0.3, 0.4) is 0 Å². The van der Waals surface area contributed by atoms with E-state index in [0.29, 0.717) is 51.1 Å². The summed E-state index contributed by atoms with van der Waals surface area (Å²) in [5, 5.41) is 5.57. The zero-order chi connectivity index (χ0) is 66.7. The van der Waals surface area contributed by atoms with Crippen LogP contribution in [-0.4, -0.2) is 108 Å². The minimum absolute atomic E-state index is 0.224. The molecule has 0 bridgehead atoms. The van der Waals surface area contributed by atoms with Crippen molar-refractivity contribution < 1.29 is 47.6 Å². The normalized spacial score (nSPS) is 19.6. The molecule has 6 aromatic carbocycles. The molecule has 1 fully saturated rings. The number of piperidine rings is 1. The topological polar surface area (TPSA) is 167 Å². The number of nitrogens with one attached hydrogen (secondary N) is 1. The summed E-state index contributed by atoms with van der Waals surface area (Å²) in [6.45, 7) is 21.6. The summed E-state index contributed by atoms with van der Waals surface area (Å²) in [4.78, 5) is 65.6. The Balaban J connectivity index is 0.000000203. The number of anilines is 2. The first-order valence-electron chi connectivity index (χ1n) is 32.9. The fraction of sp³-hybridized carbons (Fsp3) is 0.473. The van der Waals surface area contributed by atoms with Crippen LogP contribution < -0.4 is 34.1 Å². The fourth-order valence-corrected chi connectivity index (χ4v) is 15.7. The largest absolute Gasteiger partial charge is 0.465 e. The van der Waals surface area contributed by atoms with Gasteiger partial charge in [-0.15, -0.1) is 11.8 Å². The molecule has 15 nitrogen and oxygen atoms in total. The number of fused-ring (bicyclic) bond motifs is 8. The smallest absolute Gasteiger partial charge is 0.319 e. The van der Waals surface area contributed by atoms with Gasteiger partial charge in [-0.2, -0.15) is 12.6 Å². The van der Waals surface area contributed by atoms with Crippen LogP contribution >= 0.6 is 48.4 Å². The highest BCUT2D eigenvalue weighted by atomic mass is 32.2. The van der Waals surface area contributed by atoms with E-state index < -0.39 is 51.7 Å². The van der Waals surface area contributed by atoms with Gasteiger partial charge in [-0.1, -0.05) is 145 Å². The van der Waals surface area contributed by atoms with E-state index in [0.717, 1.165) is 77.2 Å². The first kappa shape index (κ1) is 70.7. The number of para-hydroxylation sites is 2. The van der Waals surface area contributed by atoms with Crippen LogP contribution in [0.1, 0.15) is 144 Å². The van der Waals surface area contributed by atoms with E-state index in [9.17, 15) is 19.2 Å². The van der Waals surface area contributed by atoms with Crippen molar-refractivity contribution in [3.63, 3.8) is 0 Å². The van der Waals surface area contributed by atoms with Gasteiger partial charge in [0.15, 0.2) is 0 Å². The lowest BCUT2D eigenvalue weighted by molar-refractivity contribution is -0.145. The number of aliphatic imine (C=N–C) groups is 2. The minimum Gasteiger partial charge on any atom is -0.465 e. The third-order valence-corrected chi connectivity index (χ3v) is 21.7. The molecule has 0 aliphatic carbocycles. The molecule has 0 amide bonds. The molecule has 19 heteroatoms. The Morgan fingerprint density at radius 3 is 1.51 bits per heavy atom. The fourth-order valence-electron chi connectivity index (χ4n) is 12.5. The standard InChI is InChI=1S/C37H44N2O5S3.C32H36N2O5S.C5H11N/c1-7-9-19-42-34(41)31(47-35(45)46-20-10-8-2)21-24(3)33(40)43-26-17-15-25-16-18-30-32(27(25)22-26)38-23-37(44-30)36(4,5)28-13-11-12-14-29(28)39(37)6;1-6-7-16-37-30(36)27(40)17-20(2)29(35)38-22-14-12-21-13-15-26-28(23(21)18-22)33-19-32(39-26)31(3,4)24-10-8-9-11-25(24)34(32)5;1-2-4-6-5-3-1/h11-18,22-24,31H,7-10,19-21H2,1-6H3;8-15,18-20,27,40H,6-7,16-17H2,1-5H3;6H,1-5H2. The van der Waals surface area contributed by atoms with E-state index in [1.54, 1.807) is 37.7 Å². The monoisotopic (exact) mass is 1340 g/mol. The molecule has 5 heterocycles. The van der Waals surface area contributed by atoms with E-state index in [1.807, 2.05) is 107 Å². The average Bonchev–Trinajstić information content (AvgIpc) is 1.57. The quantitative estimate of drug-likeness (QED) is 0.0243. The number of thiol groups is 1. The van der Waals surface area contributed by atoms with Gasteiger partial charge in [0.2, 0.25) is 11.4 Å². The van der Waals surface area contributed by atoms with Crippen molar-refractivity contribution in [2.24, 2.45) is 21.8 Å². The van der Waals surface area contributed by atoms with Gasteiger partial charge in [-0.25, -0.2) is 0 Å². The lowest BCUT2D eigenvalue weighted by Gasteiger charge is -2.45. The summed E-state index contributed by atoms with van der Waals surface area (Å²) in [6.07, 6.45) is 14.1. The maximum atomic E-state index is 13.4. The Bertz CT molecular complexity index is 3730. The molecular formula is C74H91N5O10S4. The lowest BCUT2D eigenvalue weighted by atomic mass is 9.77. The highest BCUT2D eigenvalue weighted by Gasteiger charge is 2.60. The maximum absolute atomic E-state index is 13.4. The van der Waals surface area contributed by atoms with Gasteiger partial charge >= 0.3 is 23.9 Å². The Morgan fingerprint density at radius 2 is 1.06 bits per heavy atom. The number of rotatable bonds is 20. The van der Waals surface area contributed by atoms with Gasteiger partial charge in [0.05, 0.1) is 48.3 Å². The molecule has 6 aromatic rings. The van der Waals surface area contributed by atoms with Gasteiger partial charge in [0.1, 0.15) is 48.4 Å². The number of carbonyl (C=O) groups is 4. The number of hydrogen-bond acceptors (Lipinski definition) is 19. The summed E-state index contributed by atoms with van der Waals surface area (Å²) in [5.41, 5.74) is 3.74. The number of esters is 4. The van der Waals surface area contributed by atoms with E-state index in [1.165, 1.54) is 55.2 Å². The van der Waals surface area contributed by atoms with Crippen LogP contribution in [0.2, 0.25) is 0 Å². The molecule has 496 valence electrons. The van der Waals surface area contributed by atoms with Gasteiger partial charge in [-0.05, 0) is 162 Å². The third-order valence-electron chi connectivity index (χ3n) is 18.4. The van der Waals surface area contributed by atoms with Crippen LogP contribution in [0.25, 0.3) is 21.5 Å². The number of likely N-dealkylation sites (N-methyl/N-ethyl adjacent to an activating group) is 2. The van der Waals surface area contributed by atoms with E-state index in [-0.39, 0.29) is 29.6 Å². The van der Waals surface area contributed by atoms with Gasteiger partial charge in [0.25, 0.3) is 0 Å². The summed E-state index contributed by atoms with van der Waals surface area (Å²) < 4.78 is 36.7. The van der Waals surface area contributed by atoms with Crippen LogP contribution in [0, 0.1) is 11.8 Å². The van der Waals surface area contributed by atoms with Crippen LogP contribution in [-0.2, 0) is 39.5 Å². The van der Waals surface area contributed by atoms with Gasteiger partial charge in [-0.3, -0.25) is 29.2 Å². The Morgan fingerprint density at radius 1 is 0.613 bits per heavy atom. The molecule has 6 atom stereocenters. The average molecular weight is 1340 g/mol. The Kier molecular flexibility index (Phi) is 23.8. The van der Waals surface area contributed by atoms with Crippen molar-refractivity contribution in [2.45, 2.75) is 166 Å². The van der Waals surface area contributed by atoms with Gasteiger partial charge in [0, 0.05) is 36.2 Å². The molecule has 1 saturated heterocycles. The Labute approximate surface area is 568 Å². The van der Waals surface area contributed by atoms with Crippen molar-refractivity contribution >= 4 is 132 Å². The zero-order valence-electron chi connectivity index (χ0n) is 55.7. The van der Waals surface area contributed by atoms with Gasteiger partial charge < -0.3 is 43.5 Å². The molecule has 11 rings (SSSR count). The first-order chi connectivity index (χ1) is 44.6. The van der Waals surface area contributed by atoms with Crippen molar-refractivity contribution in [1.29, 1.82) is 0 Å². The molecule has 0 saturated carbocycles. The first-order valence-corrected chi connectivity index (χ1v) is 35.7. The molecule has 0 aromatic heterocycles. The highest BCUT2D eigenvalue weighted by Crippen LogP contribution is 2.56. The number of thiocarbonyl (C=S) groups is 1. The van der Waals surface area contributed by atoms with Crippen molar-refractivity contribution in [2.75, 3.05) is 56.0 Å². The summed E-state index contributed by atoms with van der Waals surface area (Å²) in [6, 6.07) is 35.6. The number of ether oxygens (including phenoxy) is 6. The number of hydrogen-bond donors (Lipinski definition) is 2.